The highest BCUT2D eigenvalue weighted by molar-refractivity contribution is 6.03. The van der Waals surface area contributed by atoms with Gasteiger partial charge in [-0.2, -0.15) is 13.2 Å². The number of alkyl halides is 3. The Balaban J connectivity index is 1.80. The molecule has 0 aliphatic carbocycles. The SMILES string of the molecule is CCN(CC(=O)Nc1ccccc1C(F)(F)F)C(=O)c1ccccc1-c1ccccc1. The van der Waals surface area contributed by atoms with Crippen molar-refractivity contribution in [3.05, 3.63) is 90.0 Å². The van der Waals surface area contributed by atoms with Crippen LogP contribution < -0.4 is 5.32 Å². The number of amides is 2. The third kappa shape index (κ3) is 5.31. The molecule has 0 atom stereocenters. The zero-order chi connectivity index (χ0) is 22.4. The molecule has 0 unspecified atom stereocenters. The summed E-state index contributed by atoms with van der Waals surface area (Å²) in [5, 5.41) is 2.28. The number of nitrogens with zero attached hydrogens (tertiary/aromatic N) is 1. The number of nitrogens with one attached hydrogen (secondary N) is 1. The summed E-state index contributed by atoms with van der Waals surface area (Å²) in [6.45, 7) is 1.56. The van der Waals surface area contributed by atoms with Gasteiger partial charge in [0.05, 0.1) is 11.3 Å². The van der Waals surface area contributed by atoms with Crippen molar-refractivity contribution in [1.29, 1.82) is 0 Å². The second-order valence-corrected chi connectivity index (χ2v) is 6.82. The summed E-state index contributed by atoms with van der Waals surface area (Å²) in [5.74, 6) is -1.08. The van der Waals surface area contributed by atoms with Gasteiger partial charge in [-0.3, -0.25) is 9.59 Å². The Morgan fingerprint density at radius 3 is 2.16 bits per heavy atom. The van der Waals surface area contributed by atoms with Crippen molar-refractivity contribution in [1.82, 2.24) is 4.90 Å². The van der Waals surface area contributed by atoms with Crippen molar-refractivity contribution in [2.75, 3.05) is 18.4 Å². The maximum absolute atomic E-state index is 13.2. The molecule has 0 saturated heterocycles. The Morgan fingerprint density at radius 1 is 0.871 bits per heavy atom. The van der Waals surface area contributed by atoms with Gasteiger partial charge >= 0.3 is 6.18 Å². The summed E-state index contributed by atoms with van der Waals surface area (Å²) < 4.78 is 39.5. The van der Waals surface area contributed by atoms with Crippen LogP contribution in [0.25, 0.3) is 11.1 Å². The van der Waals surface area contributed by atoms with Crippen molar-refractivity contribution in [3.63, 3.8) is 0 Å². The zero-order valence-electron chi connectivity index (χ0n) is 16.8. The Morgan fingerprint density at radius 2 is 1.48 bits per heavy atom. The summed E-state index contributed by atoms with van der Waals surface area (Å²) in [6, 6.07) is 21.1. The number of para-hydroxylation sites is 1. The number of carbonyl (C=O) groups is 2. The third-order valence-electron chi connectivity index (χ3n) is 4.75. The Labute approximate surface area is 178 Å². The molecule has 0 aromatic heterocycles. The van der Waals surface area contributed by atoms with E-state index in [2.05, 4.69) is 5.32 Å². The predicted octanol–water partition coefficient (Wildman–Crippen LogP) is 5.47. The standard InChI is InChI=1S/C24H21F3N2O2/c1-2-29(16-22(30)28-21-15-9-8-14-20(21)24(25,26)27)23(31)19-13-7-6-12-18(19)17-10-4-3-5-11-17/h3-15H,2,16H2,1H3,(H,28,30). The molecule has 2 amide bonds. The Kier molecular flexibility index (Phi) is 6.74. The number of benzene rings is 3. The fraction of sp³-hybridized carbons (Fsp3) is 0.167. The molecule has 4 nitrogen and oxygen atoms in total. The van der Waals surface area contributed by atoms with Crippen LogP contribution in [0.5, 0.6) is 0 Å². The second kappa shape index (κ2) is 9.47. The van der Waals surface area contributed by atoms with E-state index in [9.17, 15) is 22.8 Å². The summed E-state index contributed by atoms with van der Waals surface area (Å²) in [6.07, 6.45) is -4.60. The number of likely N-dealkylation sites (N-methyl/N-ethyl adjacent to an activating group) is 1. The first-order chi connectivity index (χ1) is 14.8. The molecule has 3 rings (SSSR count). The monoisotopic (exact) mass is 426 g/mol. The van der Waals surface area contributed by atoms with Crippen LogP contribution in [0.1, 0.15) is 22.8 Å². The Bertz CT molecular complexity index is 1070. The van der Waals surface area contributed by atoms with Gasteiger partial charge in [-0.25, -0.2) is 0 Å². The van der Waals surface area contributed by atoms with Crippen LogP contribution in [0, 0.1) is 0 Å². The third-order valence-corrected chi connectivity index (χ3v) is 4.75. The lowest BCUT2D eigenvalue weighted by Crippen LogP contribution is -2.38. The molecule has 31 heavy (non-hydrogen) atoms. The molecule has 3 aromatic rings. The molecular formula is C24H21F3N2O2. The maximum atomic E-state index is 13.2. The van der Waals surface area contributed by atoms with Crippen LogP contribution in [0.15, 0.2) is 78.9 Å². The molecule has 7 heteroatoms. The van der Waals surface area contributed by atoms with E-state index in [4.69, 9.17) is 0 Å². The van der Waals surface area contributed by atoms with E-state index in [0.717, 1.165) is 17.2 Å². The van der Waals surface area contributed by atoms with Crippen LogP contribution in [0.4, 0.5) is 18.9 Å². The lowest BCUT2D eigenvalue weighted by atomic mass is 9.99. The summed E-state index contributed by atoms with van der Waals surface area (Å²) in [5.41, 5.74) is 0.708. The van der Waals surface area contributed by atoms with Crippen molar-refractivity contribution in [2.24, 2.45) is 0 Å². The van der Waals surface area contributed by atoms with Gasteiger partial charge < -0.3 is 10.2 Å². The fourth-order valence-corrected chi connectivity index (χ4v) is 3.24. The van der Waals surface area contributed by atoms with Gasteiger partial charge in [-0.1, -0.05) is 60.7 Å². The van der Waals surface area contributed by atoms with Gasteiger partial charge in [0, 0.05) is 12.1 Å². The number of carbonyl (C=O) groups excluding carboxylic acids is 2. The lowest BCUT2D eigenvalue weighted by molar-refractivity contribution is -0.137. The van der Waals surface area contributed by atoms with Crippen molar-refractivity contribution >= 4 is 17.5 Å². The van der Waals surface area contributed by atoms with Crippen molar-refractivity contribution < 1.29 is 22.8 Å². The molecule has 0 bridgehead atoms. The van der Waals surface area contributed by atoms with Crippen LogP contribution >= 0.6 is 0 Å². The lowest BCUT2D eigenvalue weighted by Gasteiger charge is -2.22. The molecular weight excluding hydrogens is 405 g/mol. The van der Waals surface area contributed by atoms with Gasteiger partial charge in [0.15, 0.2) is 0 Å². The van der Waals surface area contributed by atoms with Crippen LogP contribution in [-0.2, 0) is 11.0 Å². The number of anilines is 1. The van der Waals surface area contributed by atoms with Gasteiger partial charge in [-0.15, -0.1) is 0 Å². The van der Waals surface area contributed by atoms with E-state index in [1.54, 1.807) is 19.1 Å². The molecule has 0 saturated carbocycles. The van der Waals surface area contributed by atoms with Crippen molar-refractivity contribution in [2.45, 2.75) is 13.1 Å². The van der Waals surface area contributed by atoms with E-state index >= 15 is 0 Å². The van der Waals surface area contributed by atoms with E-state index in [1.165, 1.54) is 23.1 Å². The van der Waals surface area contributed by atoms with Gasteiger partial charge in [0.1, 0.15) is 6.54 Å². The normalized spacial score (nSPS) is 11.1. The van der Waals surface area contributed by atoms with Crippen LogP contribution in [0.2, 0.25) is 0 Å². The average Bonchev–Trinajstić information content (AvgIpc) is 2.77. The molecule has 0 fully saturated rings. The molecule has 0 aliphatic heterocycles. The first-order valence-electron chi connectivity index (χ1n) is 9.71. The average molecular weight is 426 g/mol. The maximum Gasteiger partial charge on any atom is 0.418 e. The minimum absolute atomic E-state index is 0.219. The van der Waals surface area contributed by atoms with Crippen molar-refractivity contribution in [3.8, 4) is 11.1 Å². The topological polar surface area (TPSA) is 49.4 Å². The highest BCUT2D eigenvalue weighted by Crippen LogP contribution is 2.34. The van der Waals surface area contributed by atoms with Gasteiger partial charge in [-0.05, 0) is 36.2 Å². The van der Waals surface area contributed by atoms with E-state index < -0.39 is 17.6 Å². The molecule has 1 N–H and O–H groups in total. The smallest absolute Gasteiger partial charge is 0.330 e. The second-order valence-electron chi connectivity index (χ2n) is 6.82. The highest BCUT2D eigenvalue weighted by Gasteiger charge is 2.33. The number of halogens is 3. The van der Waals surface area contributed by atoms with E-state index in [-0.39, 0.29) is 24.7 Å². The van der Waals surface area contributed by atoms with E-state index in [0.29, 0.717) is 5.56 Å². The number of hydrogen-bond donors (Lipinski definition) is 1. The first-order valence-corrected chi connectivity index (χ1v) is 9.71. The van der Waals surface area contributed by atoms with E-state index in [1.807, 2.05) is 42.5 Å². The summed E-state index contributed by atoms with van der Waals surface area (Å²) >= 11 is 0. The molecule has 160 valence electrons. The predicted molar refractivity (Wildman–Crippen MR) is 114 cm³/mol. The van der Waals surface area contributed by atoms with Gasteiger partial charge in [0.25, 0.3) is 5.91 Å². The molecule has 0 aliphatic rings. The molecule has 3 aromatic carbocycles. The fourth-order valence-electron chi connectivity index (χ4n) is 3.24. The summed E-state index contributed by atoms with van der Waals surface area (Å²) in [4.78, 5) is 26.9. The minimum Gasteiger partial charge on any atom is -0.330 e. The largest absolute Gasteiger partial charge is 0.418 e. The number of rotatable bonds is 6. The Hall–Kier alpha value is -3.61. The highest BCUT2D eigenvalue weighted by atomic mass is 19.4. The zero-order valence-corrected chi connectivity index (χ0v) is 16.8. The van der Waals surface area contributed by atoms with Crippen LogP contribution in [0.3, 0.4) is 0 Å². The number of hydrogen-bond acceptors (Lipinski definition) is 2. The first kappa shape index (κ1) is 22.1. The summed E-state index contributed by atoms with van der Waals surface area (Å²) in [7, 11) is 0. The molecule has 0 radical (unpaired) electrons. The van der Waals surface area contributed by atoms with Gasteiger partial charge in [0.2, 0.25) is 5.91 Å². The minimum atomic E-state index is -4.60. The molecule has 0 spiro atoms. The quantitative estimate of drug-likeness (QED) is 0.568. The molecule has 0 heterocycles. The van der Waals surface area contributed by atoms with Crippen LogP contribution in [-0.4, -0.2) is 29.8 Å².